The van der Waals surface area contributed by atoms with Crippen molar-refractivity contribution in [3.8, 4) is 11.3 Å². The molecule has 1 amide bonds. The van der Waals surface area contributed by atoms with Crippen LogP contribution >= 0.6 is 0 Å². The first-order valence-electron chi connectivity index (χ1n) is 9.24. The number of hydrogen-bond acceptors (Lipinski definition) is 3. The molecule has 3 rings (SSSR count). The Kier molecular flexibility index (Phi) is 5.40. The number of aromatic nitrogens is 3. The van der Waals surface area contributed by atoms with Crippen molar-refractivity contribution in [2.45, 2.75) is 46.2 Å². The number of benzene rings is 1. The first kappa shape index (κ1) is 18.8. The number of carbonyl (C=O) groups is 1. The molecule has 0 aliphatic heterocycles. The number of aryl methyl sites for hydroxylation is 1. The number of amides is 1. The van der Waals surface area contributed by atoms with E-state index in [1.165, 1.54) is 5.56 Å². The van der Waals surface area contributed by atoms with Crippen LogP contribution in [0.25, 0.3) is 11.3 Å². The van der Waals surface area contributed by atoms with Crippen LogP contribution in [0.4, 0.5) is 0 Å². The Morgan fingerprint density at radius 2 is 1.74 bits per heavy atom. The molecule has 0 atom stereocenters. The van der Waals surface area contributed by atoms with E-state index in [0.29, 0.717) is 18.8 Å². The smallest absolute Gasteiger partial charge is 0.272 e. The van der Waals surface area contributed by atoms with Gasteiger partial charge in [0.25, 0.3) is 5.91 Å². The van der Waals surface area contributed by atoms with E-state index in [9.17, 15) is 4.79 Å². The van der Waals surface area contributed by atoms with Crippen molar-refractivity contribution in [3.05, 3.63) is 71.7 Å². The number of hydrogen-bond donors (Lipinski definition) is 1. The second kappa shape index (κ2) is 7.74. The minimum atomic E-state index is -0.174. The molecule has 5 heteroatoms. The third kappa shape index (κ3) is 4.42. The zero-order valence-corrected chi connectivity index (χ0v) is 16.4. The Morgan fingerprint density at radius 3 is 2.33 bits per heavy atom. The lowest BCUT2D eigenvalue weighted by molar-refractivity contribution is 0.0945. The van der Waals surface area contributed by atoms with Gasteiger partial charge in [-0.2, -0.15) is 5.10 Å². The Balaban J connectivity index is 1.79. The predicted octanol–water partition coefficient (Wildman–Crippen LogP) is 4.19. The van der Waals surface area contributed by atoms with Crippen molar-refractivity contribution in [2.24, 2.45) is 0 Å². The highest BCUT2D eigenvalue weighted by Gasteiger charge is 2.17. The summed E-state index contributed by atoms with van der Waals surface area (Å²) in [6.07, 6.45) is 3.43. The molecular formula is C22H26N4O. The summed E-state index contributed by atoms with van der Waals surface area (Å²) in [5.74, 6) is -0.174. The molecule has 2 heterocycles. The molecule has 3 aromatic rings. The van der Waals surface area contributed by atoms with E-state index in [-0.39, 0.29) is 11.3 Å². The molecule has 2 aromatic heterocycles. The first-order chi connectivity index (χ1) is 12.9. The predicted molar refractivity (Wildman–Crippen MR) is 107 cm³/mol. The van der Waals surface area contributed by atoms with Crippen molar-refractivity contribution in [3.63, 3.8) is 0 Å². The van der Waals surface area contributed by atoms with Crippen molar-refractivity contribution in [2.75, 3.05) is 0 Å². The average molecular weight is 362 g/mol. The Labute approximate surface area is 160 Å². The average Bonchev–Trinajstić information content (AvgIpc) is 3.11. The van der Waals surface area contributed by atoms with E-state index in [1.807, 2.05) is 29.8 Å². The van der Waals surface area contributed by atoms with Gasteiger partial charge in [-0.15, -0.1) is 0 Å². The van der Waals surface area contributed by atoms with Crippen molar-refractivity contribution in [1.29, 1.82) is 0 Å². The molecule has 0 spiro atoms. The van der Waals surface area contributed by atoms with Crippen LogP contribution in [0.2, 0.25) is 0 Å². The largest absolute Gasteiger partial charge is 0.347 e. The van der Waals surface area contributed by atoms with Crippen LogP contribution in [-0.2, 0) is 18.5 Å². The van der Waals surface area contributed by atoms with Crippen molar-refractivity contribution < 1.29 is 4.79 Å². The molecule has 0 saturated heterocycles. The second-order valence-electron chi connectivity index (χ2n) is 7.60. The maximum atomic E-state index is 12.5. The van der Waals surface area contributed by atoms with Crippen LogP contribution < -0.4 is 5.32 Å². The molecule has 0 unspecified atom stereocenters. The fourth-order valence-electron chi connectivity index (χ4n) is 2.92. The molecule has 0 radical (unpaired) electrons. The van der Waals surface area contributed by atoms with Gasteiger partial charge in [0.15, 0.2) is 5.69 Å². The summed E-state index contributed by atoms with van der Waals surface area (Å²) in [4.78, 5) is 16.5. The summed E-state index contributed by atoms with van der Waals surface area (Å²) >= 11 is 0. The number of pyridine rings is 1. The molecule has 1 aromatic carbocycles. The highest BCUT2D eigenvalue weighted by Crippen LogP contribution is 2.26. The molecule has 0 aliphatic carbocycles. The van der Waals surface area contributed by atoms with Gasteiger partial charge < -0.3 is 5.32 Å². The Hall–Kier alpha value is -2.95. The normalized spacial score (nSPS) is 11.4. The Bertz CT molecular complexity index is 906. The lowest BCUT2D eigenvalue weighted by Gasteiger charge is -2.19. The van der Waals surface area contributed by atoms with Crippen LogP contribution in [0, 0.1) is 0 Å². The van der Waals surface area contributed by atoms with E-state index in [2.05, 4.69) is 60.4 Å². The quantitative estimate of drug-likeness (QED) is 0.740. The summed E-state index contributed by atoms with van der Waals surface area (Å²) in [5.41, 5.74) is 4.84. The van der Waals surface area contributed by atoms with Gasteiger partial charge in [0.05, 0.1) is 5.69 Å². The van der Waals surface area contributed by atoms with Crippen LogP contribution in [0.1, 0.15) is 49.3 Å². The standard InChI is InChI=1S/C22H26N4O/c1-5-26-20(17-6-8-18(9-7-17)22(2,3)4)14-19(25-26)21(27)24-15-16-10-12-23-13-11-16/h6-14H,5,15H2,1-4H3,(H,24,27). The maximum absolute atomic E-state index is 12.5. The summed E-state index contributed by atoms with van der Waals surface area (Å²) < 4.78 is 1.87. The number of carbonyl (C=O) groups excluding carboxylic acids is 1. The van der Waals surface area contributed by atoms with E-state index in [4.69, 9.17) is 0 Å². The molecule has 140 valence electrons. The molecule has 27 heavy (non-hydrogen) atoms. The summed E-state index contributed by atoms with van der Waals surface area (Å²) in [6, 6.07) is 14.1. The maximum Gasteiger partial charge on any atom is 0.272 e. The van der Waals surface area contributed by atoms with Gasteiger partial charge in [0.1, 0.15) is 0 Å². The molecule has 0 saturated carbocycles. The zero-order valence-electron chi connectivity index (χ0n) is 16.4. The summed E-state index contributed by atoms with van der Waals surface area (Å²) in [5, 5.41) is 7.40. The van der Waals surface area contributed by atoms with Crippen molar-refractivity contribution >= 4 is 5.91 Å². The fourth-order valence-corrected chi connectivity index (χ4v) is 2.92. The van der Waals surface area contributed by atoms with Crippen LogP contribution in [0.3, 0.4) is 0 Å². The topological polar surface area (TPSA) is 59.8 Å². The molecule has 0 bridgehead atoms. The third-order valence-electron chi connectivity index (χ3n) is 4.56. The minimum absolute atomic E-state index is 0.113. The molecular weight excluding hydrogens is 336 g/mol. The third-order valence-corrected chi connectivity index (χ3v) is 4.56. The summed E-state index contributed by atoms with van der Waals surface area (Å²) in [6.45, 7) is 9.78. The molecule has 0 fully saturated rings. The van der Waals surface area contributed by atoms with Gasteiger partial charge in [-0.3, -0.25) is 14.5 Å². The first-order valence-corrected chi connectivity index (χ1v) is 9.24. The lowest BCUT2D eigenvalue weighted by atomic mass is 9.86. The highest BCUT2D eigenvalue weighted by atomic mass is 16.1. The zero-order chi connectivity index (χ0) is 19.4. The molecule has 0 aliphatic rings. The number of nitrogens with one attached hydrogen (secondary N) is 1. The number of rotatable bonds is 5. The van der Waals surface area contributed by atoms with Crippen molar-refractivity contribution in [1.82, 2.24) is 20.1 Å². The van der Waals surface area contributed by atoms with Gasteiger partial charge in [0, 0.05) is 25.5 Å². The van der Waals surface area contributed by atoms with Gasteiger partial charge in [-0.05, 0) is 47.2 Å². The monoisotopic (exact) mass is 362 g/mol. The SMILES string of the molecule is CCn1nc(C(=O)NCc2ccncc2)cc1-c1ccc(C(C)(C)C)cc1. The van der Waals surface area contributed by atoms with Gasteiger partial charge >= 0.3 is 0 Å². The van der Waals surface area contributed by atoms with E-state index in [1.54, 1.807) is 12.4 Å². The number of nitrogens with zero attached hydrogens (tertiary/aromatic N) is 3. The molecule has 1 N–H and O–H groups in total. The van der Waals surface area contributed by atoms with Crippen LogP contribution in [0.15, 0.2) is 54.9 Å². The van der Waals surface area contributed by atoms with E-state index < -0.39 is 0 Å². The molecule has 5 nitrogen and oxygen atoms in total. The second-order valence-corrected chi connectivity index (χ2v) is 7.60. The minimum Gasteiger partial charge on any atom is -0.347 e. The lowest BCUT2D eigenvalue weighted by Crippen LogP contribution is -2.23. The fraction of sp³-hybridized carbons (Fsp3) is 0.318. The highest BCUT2D eigenvalue weighted by molar-refractivity contribution is 5.93. The van der Waals surface area contributed by atoms with Gasteiger partial charge in [0.2, 0.25) is 0 Å². The van der Waals surface area contributed by atoms with Gasteiger partial charge in [-0.1, -0.05) is 45.0 Å². The van der Waals surface area contributed by atoms with Crippen LogP contribution in [0.5, 0.6) is 0 Å². The van der Waals surface area contributed by atoms with E-state index >= 15 is 0 Å². The Morgan fingerprint density at radius 1 is 1.07 bits per heavy atom. The van der Waals surface area contributed by atoms with Gasteiger partial charge in [-0.25, -0.2) is 0 Å². The summed E-state index contributed by atoms with van der Waals surface area (Å²) in [7, 11) is 0. The van der Waals surface area contributed by atoms with E-state index in [0.717, 1.165) is 16.8 Å². The van der Waals surface area contributed by atoms with Crippen LogP contribution in [-0.4, -0.2) is 20.7 Å².